The summed E-state index contributed by atoms with van der Waals surface area (Å²) in [6.45, 7) is 4.32. The van der Waals surface area contributed by atoms with E-state index >= 15 is 0 Å². The summed E-state index contributed by atoms with van der Waals surface area (Å²) in [5, 5.41) is 20.5. The number of phenolic OH excluding ortho intramolecular Hbond substituents is 1. The highest BCUT2D eigenvalue weighted by Gasteiger charge is 2.16. The van der Waals surface area contributed by atoms with Crippen LogP contribution in [0, 0.1) is 10.1 Å². The van der Waals surface area contributed by atoms with Gasteiger partial charge in [-0.15, -0.1) is 0 Å². The summed E-state index contributed by atoms with van der Waals surface area (Å²) in [6.07, 6.45) is 1.51. The topological polar surface area (TPSA) is 75.8 Å². The third kappa shape index (κ3) is 3.65. The van der Waals surface area contributed by atoms with Gasteiger partial charge >= 0.3 is 5.69 Å². The van der Waals surface area contributed by atoms with E-state index in [-0.39, 0.29) is 11.4 Å². The summed E-state index contributed by atoms with van der Waals surface area (Å²) < 4.78 is 5.27. The molecule has 0 saturated carbocycles. The predicted molar refractivity (Wildman–Crippen MR) is 70.3 cm³/mol. The zero-order valence-electron chi connectivity index (χ0n) is 10.7. The molecule has 1 saturated heterocycles. The molecule has 1 aliphatic heterocycles. The van der Waals surface area contributed by atoms with E-state index in [2.05, 4.69) is 4.90 Å². The van der Waals surface area contributed by atoms with Crippen molar-refractivity contribution in [3.63, 3.8) is 0 Å². The van der Waals surface area contributed by atoms with Gasteiger partial charge < -0.3 is 9.84 Å². The molecule has 0 aromatic heterocycles. The fourth-order valence-corrected chi connectivity index (χ4v) is 2.24. The van der Waals surface area contributed by atoms with Gasteiger partial charge in [0.05, 0.1) is 18.1 Å². The third-order valence-electron chi connectivity index (χ3n) is 3.32. The van der Waals surface area contributed by atoms with Gasteiger partial charge in [0.25, 0.3) is 0 Å². The molecule has 0 amide bonds. The number of morpholine rings is 1. The molecule has 104 valence electrons. The summed E-state index contributed by atoms with van der Waals surface area (Å²) in [5.41, 5.74) is 0.423. The molecule has 0 radical (unpaired) electrons. The van der Waals surface area contributed by atoms with Gasteiger partial charge in [-0.3, -0.25) is 15.0 Å². The quantitative estimate of drug-likeness (QED) is 0.646. The lowest BCUT2D eigenvalue weighted by Gasteiger charge is -2.26. The van der Waals surface area contributed by atoms with E-state index in [1.807, 2.05) is 0 Å². The van der Waals surface area contributed by atoms with E-state index in [1.54, 1.807) is 12.1 Å². The maximum absolute atomic E-state index is 10.7. The molecule has 1 aromatic carbocycles. The molecular weight excluding hydrogens is 248 g/mol. The summed E-state index contributed by atoms with van der Waals surface area (Å²) >= 11 is 0. The third-order valence-corrected chi connectivity index (χ3v) is 3.32. The number of hydrogen-bond acceptors (Lipinski definition) is 5. The van der Waals surface area contributed by atoms with E-state index in [0.29, 0.717) is 12.0 Å². The Kier molecular flexibility index (Phi) is 4.70. The highest BCUT2D eigenvalue weighted by Crippen LogP contribution is 2.29. The smallest absolute Gasteiger partial charge is 0.310 e. The predicted octanol–water partition coefficient (Wildman–Crippen LogP) is 1.57. The number of ether oxygens (including phenoxy) is 1. The van der Waals surface area contributed by atoms with Crippen molar-refractivity contribution in [1.29, 1.82) is 0 Å². The van der Waals surface area contributed by atoms with Gasteiger partial charge in [0.1, 0.15) is 0 Å². The first kappa shape index (κ1) is 13.8. The number of phenols is 1. The Balaban J connectivity index is 1.88. The highest BCUT2D eigenvalue weighted by molar-refractivity contribution is 5.50. The van der Waals surface area contributed by atoms with Crippen molar-refractivity contribution in [2.75, 3.05) is 32.8 Å². The monoisotopic (exact) mass is 266 g/mol. The van der Waals surface area contributed by atoms with Crippen molar-refractivity contribution < 1.29 is 14.8 Å². The zero-order chi connectivity index (χ0) is 13.7. The Morgan fingerprint density at radius 1 is 1.37 bits per heavy atom. The van der Waals surface area contributed by atoms with Gasteiger partial charge in [0.15, 0.2) is 5.75 Å². The van der Waals surface area contributed by atoms with E-state index in [1.165, 1.54) is 6.07 Å². The fourth-order valence-electron chi connectivity index (χ4n) is 2.24. The van der Waals surface area contributed by atoms with Gasteiger partial charge in [-0.05, 0) is 19.4 Å². The van der Waals surface area contributed by atoms with Crippen molar-refractivity contribution in [3.05, 3.63) is 33.9 Å². The molecule has 1 aliphatic rings. The summed E-state index contributed by atoms with van der Waals surface area (Å²) in [7, 11) is 0. The molecule has 0 aliphatic carbocycles. The van der Waals surface area contributed by atoms with Gasteiger partial charge in [-0.25, -0.2) is 0 Å². The molecule has 1 fully saturated rings. The minimum absolute atomic E-state index is 0.200. The normalized spacial score (nSPS) is 16.4. The maximum Gasteiger partial charge on any atom is 0.310 e. The van der Waals surface area contributed by atoms with E-state index in [0.717, 1.165) is 39.3 Å². The van der Waals surface area contributed by atoms with Crippen LogP contribution in [0.25, 0.3) is 0 Å². The van der Waals surface area contributed by atoms with Crippen LogP contribution in [0.1, 0.15) is 12.0 Å². The van der Waals surface area contributed by atoms with Crippen LogP contribution in [0.5, 0.6) is 5.75 Å². The van der Waals surface area contributed by atoms with E-state index in [4.69, 9.17) is 4.74 Å². The van der Waals surface area contributed by atoms with Crippen LogP contribution in [-0.2, 0) is 11.2 Å². The first-order chi connectivity index (χ1) is 9.18. The Morgan fingerprint density at radius 3 is 2.79 bits per heavy atom. The van der Waals surface area contributed by atoms with Crippen LogP contribution < -0.4 is 0 Å². The first-order valence-electron chi connectivity index (χ1n) is 6.44. The Bertz CT molecular complexity index is 444. The zero-order valence-corrected chi connectivity index (χ0v) is 10.7. The molecular formula is C13H18N2O4. The number of nitrogens with zero attached hydrogens (tertiary/aromatic N) is 2. The fraction of sp³-hybridized carbons (Fsp3) is 0.538. The second kappa shape index (κ2) is 6.49. The van der Waals surface area contributed by atoms with Crippen LogP contribution in [0.4, 0.5) is 5.69 Å². The summed E-state index contributed by atoms with van der Waals surface area (Å²) in [4.78, 5) is 12.5. The lowest BCUT2D eigenvalue weighted by atomic mass is 10.1. The van der Waals surface area contributed by atoms with Gasteiger partial charge in [0, 0.05) is 24.7 Å². The van der Waals surface area contributed by atoms with Crippen molar-refractivity contribution in [1.82, 2.24) is 4.90 Å². The lowest BCUT2D eigenvalue weighted by Crippen LogP contribution is -2.36. The maximum atomic E-state index is 10.7. The van der Waals surface area contributed by atoms with E-state index in [9.17, 15) is 15.2 Å². The van der Waals surface area contributed by atoms with Crippen molar-refractivity contribution >= 4 is 5.69 Å². The minimum Gasteiger partial charge on any atom is -0.502 e. The molecule has 19 heavy (non-hydrogen) atoms. The minimum atomic E-state index is -0.555. The van der Waals surface area contributed by atoms with Crippen LogP contribution in [0.15, 0.2) is 18.2 Å². The largest absolute Gasteiger partial charge is 0.502 e. The average molecular weight is 266 g/mol. The average Bonchev–Trinajstić information content (AvgIpc) is 2.41. The number of para-hydroxylation sites is 1. The molecule has 0 unspecified atom stereocenters. The molecule has 0 spiro atoms. The standard InChI is InChI=1S/C13H18N2O4/c16-13-11(3-1-5-12(13)15(17)18)4-2-6-14-7-9-19-10-8-14/h1,3,5,16H,2,4,6-10H2. The number of aromatic hydroxyl groups is 1. The van der Waals surface area contributed by atoms with Crippen molar-refractivity contribution in [2.45, 2.75) is 12.8 Å². The van der Waals surface area contributed by atoms with Gasteiger partial charge in [0.2, 0.25) is 0 Å². The molecule has 0 atom stereocenters. The van der Waals surface area contributed by atoms with Crippen molar-refractivity contribution in [3.8, 4) is 5.75 Å². The number of rotatable bonds is 5. The molecule has 6 heteroatoms. The lowest BCUT2D eigenvalue weighted by molar-refractivity contribution is -0.385. The second-order valence-corrected chi connectivity index (χ2v) is 4.60. The number of benzene rings is 1. The molecule has 2 rings (SSSR count). The summed E-state index contributed by atoms with van der Waals surface area (Å²) in [6, 6.07) is 4.67. The van der Waals surface area contributed by atoms with E-state index < -0.39 is 4.92 Å². The SMILES string of the molecule is O=[N+]([O-])c1cccc(CCCN2CCOCC2)c1O. The van der Waals surface area contributed by atoms with Crippen LogP contribution in [0.2, 0.25) is 0 Å². The summed E-state index contributed by atoms with van der Waals surface area (Å²) in [5.74, 6) is -0.200. The molecule has 0 bridgehead atoms. The van der Waals surface area contributed by atoms with Crippen LogP contribution in [-0.4, -0.2) is 47.8 Å². The van der Waals surface area contributed by atoms with Crippen LogP contribution in [0.3, 0.4) is 0 Å². The number of nitro groups is 1. The number of nitro benzene ring substituents is 1. The first-order valence-corrected chi connectivity index (χ1v) is 6.44. The molecule has 1 N–H and O–H groups in total. The number of hydrogen-bond donors (Lipinski definition) is 1. The Morgan fingerprint density at radius 2 is 2.11 bits per heavy atom. The van der Waals surface area contributed by atoms with Gasteiger partial charge in [-0.1, -0.05) is 12.1 Å². The molecule has 1 heterocycles. The van der Waals surface area contributed by atoms with Gasteiger partial charge in [-0.2, -0.15) is 0 Å². The Labute approximate surface area is 111 Å². The highest BCUT2D eigenvalue weighted by atomic mass is 16.6. The Hall–Kier alpha value is -1.66. The van der Waals surface area contributed by atoms with Crippen molar-refractivity contribution in [2.24, 2.45) is 0 Å². The molecule has 1 aromatic rings. The second-order valence-electron chi connectivity index (χ2n) is 4.60. The van der Waals surface area contributed by atoms with Crippen LogP contribution >= 0.6 is 0 Å². The number of aryl methyl sites for hydroxylation is 1. The molecule has 6 nitrogen and oxygen atoms in total.